The zero-order valence-corrected chi connectivity index (χ0v) is 18.2. The first-order valence-corrected chi connectivity index (χ1v) is 11.0. The molecule has 30 heavy (non-hydrogen) atoms. The van der Waals surface area contributed by atoms with Crippen molar-refractivity contribution in [3.63, 3.8) is 0 Å². The first kappa shape index (κ1) is 21.9. The molecule has 0 spiro atoms. The molecule has 0 bridgehead atoms. The summed E-state index contributed by atoms with van der Waals surface area (Å²) in [7, 11) is -4.74. The molecule has 3 aromatic carbocycles. The maximum atomic E-state index is 12.1. The highest BCUT2D eigenvalue weighted by Gasteiger charge is 2.38. The van der Waals surface area contributed by atoms with E-state index in [1.54, 1.807) is 13.8 Å². The van der Waals surface area contributed by atoms with Gasteiger partial charge in [-0.1, -0.05) is 88.4 Å². The van der Waals surface area contributed by atoms with Crippen LogP contribution in [0.15, 0.2) is 71.6 Å². The molecule has 3 rings (SSSR count). The van der Waals surface area contributed by atoms with Crippen LogP contribution in [0, 0.1) is 0 Å². The van der Waals surface area contributed by atoms with Crippen molar-refractivity contribution in [3.05, 3.63) is 89.0 Å². The van der Waals surface area contributed by atoms with E-state index in [4.69, 9.17) is 0 Å². The molecule has 0 aromatic heterocycles. The molecule has 158 valence electrons. The Balaban J connectivity index is 2.41. The summed E-state index contributed by atoms with van der Waals surface area (Å²) in [5, 5.41) is 22.2. The smallest absolute Gasteiger partial charge is 0.298 e. The summed E-state index contributed by atoms with van der Waals surface area (Å²) in [4.78, 5) is -0.627. The average molecular weight is 427 g/mol. The third-order valence-electron chi connectivity index (χ3n) is 5.80. The van der Waals surface area contributed by atoms with Crippen LogP contribution in [0.2, 0.25) is 0 Å². The van der Waals surface area contributed by atoms with Crippen LogP contribution in [-0.4, -0.2) is 23.2 Å². The van der Waals surface area contributed by atoms with Crippen molar-refractivity contribution in [1.29, 1.82) is 0 Å². The SMILES string of the molecule is CC(C)(c1ccccc1)c1cc(S(=O)(=O)O)c(O)c(C(C)(C)c2ccccc2)c1O. The molecular weight excluding hydrogens is 400 g/mol. The second kappa shape index (κ2) is 7.45. The predicted octanol–water partition coefficient (Wildman–Crippen LogP) is 5.00. The van der Waals surface area contributed by atoms with Gasteiger partial charge in [-0.3, -0.25) is 4.55 Å². The number of aromatic hydroxyl groups is 2. The molecule has 0 amide bonds. The lowest BCUT2D eigenvalue weighted by atomic mass is 9.72. The quantitative estimate of drug-likeness (QED) is 0.499. The van der Waals surface area contributed by atoms with Crippen LogP contribution in [0.5, 0.6) is 11.5 Å². The Labute approximate surface area is 177 Å². The first-order valence-electron chi connectivity index (χ1n) is 9.57. The van der Waals surface area contributed by atoms with Gasteiger partial charge in [-0.05, 0) is 17.2 Å². The summed E-state index contributed by atoms with van der Waals surface area (Å²) in [6.07, 6.45) is 0. The third-order valence-corrected chi connectivity index (χ3v) is 6.67. The number of phenols is 2. The third kappa shape index (κ3) is 3.68. The summed E-state index contributed by atoms with van der Waals surface area (Å²) in [6, 6.07) is 19.6. The summed E-state index contributed by atoms with van der Waals surface area (Å²) in [5.41, 5.74) is 0.195. The molecule has 3 N–H and O–H groups in total. The van der Waals surface area contributed by atoms with Crippen molar-refractivity contribution < 1.29 is 23.2 Å². The molecule has 0 heterocycles. The van der Waals surface area contributed by atoms with E-state index >= 15 is 0 Å². The van der Waals surface area contributed by atoms with Crippen LogP contribution >= 0.6 is 0 Å². The Morgan fingerprint density at radius 1 is 0.700 bits per heavy atom. The Morgan fingerprint density at radius 2 is 1.13 bits per heavy atom. The number of hydrogen-bond donors (Lipinski definition) is 3. The molecule has 0 fully saturated rings. The fourth-order valence-corrected chi connectivity index (χ4v) is 4.53. The molecule has 0 aliphatic carbocycles. The van der Waals surface area contributed by atoms with Crippen LogP contribution in [0.25, 0.3) is 0 Å². The molecule has 5 nitrogen and oxygen atoms in total. The summed E-state index contributed by atoms with van der Waals surface area (Å²) in [5.74, 6) is -0.862. The second-order valence-corrected chi connectivity index (χ2v) is 9.84. The van der Waals surface area contributed by atoms with Crippen molar-refractivity contribution in [2.45, 2.75) is 43.4 Å². The average Bonchev–Trinajstić information content (AvgIpc) is 2.68. The van der Waals surface area contributed by atoms with Gasteiger partial charge < -0.3 is 10.2 Å². The van der Waals surface area contributed by atoms with Gasteiger partial charge in [0.25, 0.3) is 10.1 Å². The largest absolute Gasteiger partial charge is 0.507 e. The molecular formula is C24H26O5S. The van der Waals surface area contributed by atoms with E-state index in [2.05, 4.69) is 0 Å². The fourth-order valence-electron chi connectivity index (χ4n) is 3.91. The molecule has 0 saturated carbocycles. The van der Waals surface area contributed by atoms with Crippen LogP contribution in [0.3, 0.4) is 0 Å². The monoisotopic (exact) mass is 426 g/mol. The summed E-state index contributed by atoms with van der Waals surface area (Å²) in [6.45, 7) is 7.26. The predicted molar refractivity (Wildman–Crippen MR) is 117 cm³/mol. The Bertz CT molecular complexity index is 1170. The zero-order valence-electron chi connectivity index (χ0n) is 17.4. The van der Waals surface area contributed by atoms with Crippen molar-refractivity contribution in [2.75, 3.05) is 0 Å². The highest BCUT2D eigenvalue weighted by Crippen LogP contribution is 2.50. The van der Waals surface area contributed by atoms with Gasteiger partial charge >= 0.3 is 0 Å². The summed E-state index contributed by atoms with van der Waals surface area (Å²) >= 11 is 0. The zero-order chi connectivity index (χ0) is 22.3. The highest BCUT2D eigenvalue weighted by atomic mass is 32.2. The van der Waals surface area contributed by atoms with Gasteiger partial charge in [0.05, 0.1) is 0 Å². The Hall–Kier alpha value is -2.83. The number of phenolic OH excluding ortho intramolecular Hbond substituents is 2. The summed E-state index contributed by atoms with van der Waals surface area (Å²) < 4.78 is 34.0. The molecule has 0 unspecified atom stereocenters. The number of hydrogen-bond acceptors (Lipinski definition) is 4. The highest BCUT2D eigenvalue weighted by molar-refractivity contribution is 7.86. The maximum absolute atomic E-state index is 12.1. The second-order valence-electron chi connectivity index (χ2n) is 8.45. The Morgan fingerprint density at radius 3 is 1.57 bits per heavy atom. The van der Waals surface area contributed by atoms with Crippen molar-refractivity contribution in [1.82, 2.24) is 0 Å². The maximum Gasteiger partial charge on any atom is 0.298 e. The van der Waals surface area contributed by atoms with E-state index in [0.29, 0.717) is 0 Å². The van der Waals surface area contributed by atoms with Crippen LogP contribution in [0.4, 0.5) is 0 Å². The topological polar surface area (TPSA) is 94.8 Å². The van der Waals surface area contributed by atoms with E-state index in [-0.39, 0.29) is 16.9 Å². The molecule has 6 heteroatoms. The lowest BCUT2D eigenvalue weighted by Crippen LogP contribution is -2.25. The minimum Gasteiger partial charge on any atom is -0.507 e. The molecule has 3 aromatic rings. The minimum atomic E-state index is -4.74. The van der Waals surface area contributed by atoms with E-state index < -0.39 is 31.6 Å². The normalized spacial score (nSPS) is 12.7. The standard InChI is InChI=1S/C24H26O5S/c1-23(2,16-11-7-5-8-12-16)18-15-19(30(27,28)29)22(26)20(21(18)25)24(3,4)17-13-9-6-10-14-17/h5-15,25-26H,1-4H3,(H,27,28,29). The number of rotatable bonds is 5. The van der Waals surface area contributed by atoms with Crippen LogP contribution < -0.4 is 0 Å². The first-order chi connectivity index (χ1) is 13.9. The van der Waals surface area contributed by atoms with Gasteiger partial charge in [-0.25, -0.2) is 0 Å². The lowest BCUT2D eigenvalue weighted by molar-refractivity contribution is 0.393. The van der Waals surface area contributed by atoms with Gasteiger partial charge in [-0.15, -0.1) is 0 Å². The van der Waals surface area contributed by atoms with Crippen LogP contribution in [0.1, 0.15) is 49.9 Å². The van der Waals surface area contributed by atoms with Crippen molar-refractivity contribution >= 4 is 10.1 Å². The molecule has 0 radical (unpaired) electrons. The van der Waals surface area contributed by atoms with E-state index in [0.717, 1.165) is 17.2 Å². The van der Waals surface area contributed by atoms with Gasteiger partial charge in [0.2, 0.25) is 0 Å². The van der Waals surface area contributed by atoms with Gasteiger partial charge in [0.1, 0.15) is 16.4 Å². The fraction of sp³-hybridized carbons (Fsp3) is 0.250. The van der Waals surface area contributed by atoms with Crippen LogP contribution in [-0.2, 0) is 20.9 Å². The van der Waals surface area contributed by atoms with Crippen molar-refractivity contribution in [2.24, 2.45) is 0 Å². The van der Waals surface area contributed by atoms with E-state index in [1.807, 2.05) is 74.5 Å². The van der Waals surface area contributed by atoms with E-state index in [9.17, 15) is 23.2 Å². The van der Waals surface area contributed by atoms with Gasteiger partial charge in [-0.2, -0.15) is 8.42 Å². The Kier molecular flexibility index (Phi) is 5.43. The molecule has 0 saturated heterocycles. The number of benzene rings is 3. The molecule has 0 atom stereocenters. The molecule has 0 aliphatic rings. The van der Waals surface area contributed by atoms with Gasteiger partial charge in [0, 0.05) is 22.0 Å². The lowest BCUT2D eigenvalue weighted by Gasteiger charge is -2.33. The minimum absolute atomic E-state index is 0.0443. The van der Waals surface area contributed by atoms with Crippen molar-refractivity contribution in [3.8, 4) is 11.5 Å². The molecule has 0 aliphatic heterocycles. The van der Waals surface area contributed by atoms with Gasteiger partial charge in [0.15, 0.2) is 0 Å². The van der Waals surface area contributed by atoms with E-state index in [1.165, 1.54) is 0 Å².